The van der Waals surface area contributed by atoms with Gasteiger partial charge < -0.3 is 15.3 Å². The van der Waals surface area contributed by atoms with Crippen molar-refractivity contribution in [3.8, 4) is 0 Å². The lowest BCUT2D eigenvalue weighted by Crippen LogP contribution is -2.04. The van der Waals surface area contributed by atoms with Gasteiger partial charge in [-0.25, -0.2) is 9.97 Å². The van der Waals surface area contributed by atoms with Crippen LogP contribution in [0.15, 0.2) is 41.1 Å². The number of nitrogens with one attached hydrogen (secondary N) is 3. The molecule has 3 aromatic heterocycles. The predicted molar refractivity (Wildman–Crippen MR) is 88.2 cm³/mol. The maximum Gasteiger partial charge on any atom is 0.416 e. The Kier molecular flexibility index (Phi) is 3.27. The summed E-state index contributed by atoms with van der Waals surface area (Å²) >= 11 is 3.31. The summed E-state index contributed by atoms with van der Waals surface area (Å²) in [6.07, 6.45) is -2.67. The Hall–Kier alpha value is -2.55. The molecular weight excluding hydrogens is 387 g/mol. The number of aromatic nitrogens is 4. The van der Waals surface area contributed by atoms with E-state index < -0.39 is 11.7 Å². The van der Waals surface area contributed by atoms with E-state index in [1.807, 2.05) is 12.1 Å². The zero-order valence-electron chi connectivity index (χ0n) is 11.9. The van der Waals surface area contributed by atoms with E-state index in [1.165, 1.54) is 6.07 Å². The van der Waals surface area contributed by atoms with Crippen LogP contribution in [0, 0.1) is 0 Å². The van der Waals surface area contributed by atoms with Crippen LogP contribution in [0.3, 0.4) is 0 Å². The van der Waals surface area contributed by atoms with Gasteiger partial charge in [0, 0.05) is 6.20 Å². The predicted octanol–water partition coefficient (Wildman–Crippen LogP) is 4.96. The summed E-state index contributed by atoms with van der Waals surface area (Å²) in [6, 6.07) is 7.07. The highest BCUT2D eigenvalue weighted by molar-refractivity contribution is 9.10. The van der Waals surface area contributed by atoms with Crippen molar-refractivity contribution in [1.82, 2.24) is 19.9 Å². The van der Waals surface area contributed by atoms with Crippen LogP contribution in [0.4, 0.5) is 24.8 Å². The number of hydrogen-bond donors (Lipinski definition) is 3. The van der Waals surface area contributed by atoms with Crippen LogP contribution in [0.25, 0.3) is 22.1 Å². The summed E-state index contributed by atoms with van der Waals surface area (Å²) < 4.78 is 39.0. The van der Waals surface area contributed by atoms with Crippen LogP contribution >= 0.6 is 15.9 Å². The molecule has 0 aliphatic heterocycles. The monoisotopic (exact) mass is 395 g/mol. The van der Waals surface area contributed by atoms with E-state index in [9.17, 15) is 13.2 Å². The minimum Gasteiger partial charge on any atom is -0.358 e. The quantitative estimate of drug-likeness (QED) is 0.420. The summed E-state index contributed by atoms with van der Waals surface area (Å²) in [5.41, 5.74) is 2.21. The molecule has 0 amide bonds. The number of H-pyrrole nitrogens is 2. The van der Waals surface area contributed by atoms with Gasteiger partial charge in [-0.05, 0) is 46.3 Å². The van der Waals surface area contributed by atoms with Gasteiger partial charge in [0.1, 0.15) is 10.1 Å². The number of anilines is 2. The maximum absolute atomic E-state index is 12.8. The van der Waals surface area contributed by atoms with Gasteiger partial charge in [0.2, 0.25) is 5.95 Å². The topological polar surface area (TPSA) is 69.4 Å². The minimum atomic E-state index is -4.40. The lowest BCUT2D eigenvalue weighted by atomic mass is 10.2. The molecule has 24 heavy (non-hydrogen) atoms. The molecule has 0 fully saturated rings. The molecule has 0 aliphatic rings. The van der Waals surface area contributed by atoms with E-state index >= 15 is 0 Å². The number of rotatable bonds is 2. The summed E-state index contributed by atoms with van der Waals surface area (Å²) in [5, 5.41) is 3.04. The highest BCUT2D eigenvalue weighted by Crippen LogP contribution is 2.32. The van der Waals surface area contributed by atoms with Crippen LogP contribution in [0.1, 0.15) is 5.56 Å². The molecule has 9 heteroatoms. The third-order valence-electron chi connectivity index (χ3n) is 3.55. The van der Waals surface area contributed by atoms with E-state index in [0.717, 1.165) is 17.6 Å². The molecule has 122 valence electrons. The normalized spacial score (nSPS) is 12.2. The minimum absolute atomic E-state index is 0.237. The van der Waals surface area contributed by atoms with Crippen LogP contribution in [-0.2, 0) is 6.18 Å². The standard InChI is InChI=1S/C15H9BrF3N5/c16-12-4-3-9-13(24-12)11(6-20-9)23-14-21-8-2-1-7(15(17,18)19)5-10(8)22-14/h1-6,20H,(H2,21,22,23). The van der Waals surface area contributed by atoms with Crippen LogP contribution in [-0.4, -0.2) is 19.9 Å². The average Bonchev–Trinajstić information content (AvgIpc) is 3.09. The van der Waals surface area contributed by atoms with Crippen LogP contribution < -0.4 is 5.32 Å². The van der Waals surface area contributed by atoms with Gasteiger partial charge in [0.25, 0.3) is 0 Å². The molecule has 0 unspecified atom stereocenters. The van der Waals surface area contributed by atoms with Crippen molar-refractivity contribution in [2.24, 2.45) is 0 Å². The highest BCUT2D eigenvalue weighted by Gasteiger charge is 2.30. The molecule has 0 saturated carbocycles. The third kappa shape index (κ3) is 2.60. The van der Waals surface area contributed by atoms with Crippen LogP contribution in [0.2, 0.25) is 0 Å². The van der Waals surface area contributed by atoms with Crippen molar-refractivity contribution in [2.45, 2.75) is 6.18 Å². The molecule has 4 aromatic rings. The van der Waals surface area contributed by atoms with Gasteiger partial charge in [-0.15, -0.1) is 0 Å². The molecule has 0 saturated heterocycles. The van der Waals surface area contributed by atoms with Crippen molar-refractivity contribution in [2.75, 3.05) is 5.32 Å². The Bertz CT molecular complexity index is 1050. The van der Waals surface area contributed by atoms with Crippen molar-refractivity contribution >= 4 is 49.6 Å². The molecule has 0 bridgehead atoms. The number of fused-ring (bicyclic) bond motifs is 2. The smallest absolute Gasteiger partial charge is 0.358 e. The summed E-state index contributed by atoms with van der Waals surface area (Å²) in [5.74, 6) is 0.340. The lowest BCUT2D eigenvalue weighted by Gasteiger charge is -2.04. The molecule has 4 rings (SSSR count). The second-order valence-corrected chi connectivity index (χ2v) is 5.99. The van der Waals surface area contributed by atoms with Gasteiger partial charge in [-0.2, -0.15) is 13.2 Å². The second-order valence-electron chi connectivity index (χ2n) is 5.17. The molecule has 5 nitrogen and oxygen atoms in total. The first-order chi connectivity index (χ1) is 11.4. The van der Waals surface area contributed by atoms with Crippen molar-refractivity contribution < 1.29 is 13.2 Å². The maximum atomic E-state index is 12.8. The first-order valence-electron chi connectivity index (χ1n) is 6.88. The SMILES string of the molecule is FC(F)(F)c1ccc2[nH]c(Nc3c[nH]c4ccc(Br)nc34)nc2c1. The summed E-state index contributed by atoms with van der Waals surface area (Å²) in [6.45, 7) is 0. The molecule has 0 atom stereocenters. The molecular formula is C15H9BrF3N5. The second kappa shape index (κ2) is 5.23. The van der Waals surface area contributed by atoms with Gasteiger partial charge in [-0.3, -0.25) is 0 Å². The zero-order valence-corrected chi connectivity index (χ0v) is 13.5. The Balaban J connectivity index is 1.72. The molecule has 3 N–H and O–H groups in total. The number of pyridine rings is 1. The first kappa shape index (κ1) is 15.0. The highest BCUT2D eigenvalue weighted by atomic mass is 79.9. The lowest BCUT2D eigenvalue weighted by molar-refractivity contribution is -0.137. The fraction of sp³-hybridized carbons (Fsp3) is 0.0667. The largest absolute Gasteiger partial charge is 0.416 e. The van der Waals surface area contributed by atoms with E-state index in [-0.39, 0.29) is 5.52 Å². The van der Waals surface area contributed by atoms with Crippen molar-refractivity contribution in [3.63, 3.8) is 0 Å². The molecule has 0 aliphatic carbocycles. The van der Waals surface area contributed by atoms with Crippen LogP contribution in [0.5, 0.6) is 0 Å². The number of imidazole rings is 1. The Morgan fingerprint density at radius 3 is 2.62 bits per heavy atom. The number of halogens is 4. The number of aromatic amines is 2. The van der Waals surface area contributed by atoms with E-state index in [4.69, 9.17) is 0 Å². The summed E-state index contributed by atoms with van der Waals surface area (Å²) in [7, 11) is 0. The van der Waals surface area contributed by atoms with E-state index in [1.54, 1.807) is 6.20 Å². The number of benzene rings is 1. The number of alkyl halides is 3. The average molecular weight is 396 g/mol. The molecule has 1 aromatic carbocycles. The first-order valence-corrected chi connectivity index (χ1v) is 7.67. The Labute approximate surface area is 141 Å². The summed E-state index contributed by atoms with van der Waals surface area (Å²) in [4.78, 5) is 14.5. The fourth-order valence-corrected chi connectivity index (χ4v) is 2.75. The number of hydrogen-bond acceptors (Lipinski definition) is 3. The number of nitrogens with zero attached hydrogens (tertiary/aromatic N) is 2. The van der Waals surface area contributed by atoms with Crippen molar-refractivity contribution in [1.29, 1.82) is 0 Å². The zero-order chi connectivity index (χ0) is 16.9. The Morgan fingerprint density at radius 1 is 1.04 bits per heavy atom. The van der Waals surface area contributed by atoms with E-state index in [2.05, 4.69) is 41.2 Å². The van der Waals surface area contributed by atoms with Gasteiger partial charge in [0.15, 0.2) is 0 Å². The molecule has 3 heterocycles. The van der Waals surface area contributed by atoms with Gasteiger partial charge in [-0.1, -0.05) is 0 Å². The molecule has 0 spiro atoms. The molecule has 0 radical (unpaired) electrons. The Morgan fingerprint density at radius 2 is 1.83 bits per heavy atom. The van der Waals surface area contributed by atoms with Gasteiger partial charge >= 0.3 is 6.18 Å². The van der Waals surface area contributed by atoms with Gasteiger partial charge in [0.05, 0.1) is 27.8 Å². The third-order valence-corrected chi connectivity index (χ3v) is 3.99. The van der Waals surface area contributed by atoms with Crippen molar-refractivity contribution in [3.05, 3.63) is 46.7 Å². The van der Waals surface area contributed by atoms with E-state index in [0.29, 0.717) is 27.3 Å². The fourth-order valence-electron chi connectivity index (χ4n) is 2.44.